The van der Waals surface area contributed by atoms with E-state index in [2.05, 4.69) is 4.40 Å². The Hall–Kier alpha value is -3.16. The molecule has 33 heavy (non-hydrogen) atoms. The molecule has 0 aliphatic carbocycles. The Morgan fingerprint density at radius 3 is 2.33 bits per heavy atom. The van der Waals surface area contributed by atoms with Crippen molar-refractivity contribution in [3.05, 3.63) is 95.6 Å². The number of nitrogens with zero attached hydrogens (tertiary/aromatic N) is 2. The fourth-order valence-electron chi connectivity index (χ4n) is 4.08. The predicted molar refractivity (Wildman–Crippen MR) is 129 cm³/mol. The molecule has 4 rings (SSSR count). The van der Waals surface area contributed by atoms with E-state index >= 15 is 0 Å². The molecule has 1 saturated heterocycles. The second-order valence-corrected chi connectivity index (χ2v) is 9.86. The molecular weight excluding hydrogens is 436 g/mol. The lowest BCUT2D eigenvalue weighted by molar-refractivity contribution is 0.141. The number of hydrogen-bond acceptors (Lipinski definition) is 4. The molecular formula is C26H28N2O4S. The van der Waals surface area contributed by atoms with Gasteiger partial charge in [0.05, 0.1) is 18.1 Å². The summed E-state index contributed by atoms with van der Waals surface area (Å²) in [5.41, 5.74) is 2.72. The van der Waals surface area contributed by atoms with Crippen LogP contribution < -0.4 is 4.74 Å². The van der Waals surface area contributed by atoms with Crippen molar-refractivity contribution >= 4 is 15.9 Å². The van der Waals surface area contributed by atoms with Crippen LogP contribution in [0.1, 0.15) is 29.2 Å². The van der Waals surface area contributed by atoms with Crippen LogP contribution >= 0.6 is 0 Å². The molecule has 1 heterocycles. The topological polar surface area (TPSA) is 79.2 Å². The molecule has 0 spiro atoms. The molecule has 0 saturated carbocycles. The number of rotatable bonds is 7. The average Bonchev–Trinajstić information content (AvgIpc) is 3.21. The fourth-order valence-corrected chi connectivity index (χ4v) is 5.16. The van der Waals surface area contributed by atoms with Gasteiger partial charge in [0.2, 0.25) is 0 Å². The molecule has 172 valence electrons. The summed E-state index contributed by atoms with van der Waals surface area (Å²) < 4.78 is 35.9. The van der Waals surface area contributed by atoms with E-state index in [1.54, 1.807) is 31.4 Å². The molecule has 1 N–H and O–H groups in total. The van der Waals surface area contributed by atoms with Gasteiger partial charge in [0.1, 0.15) is 11.6 Å². The van der Waals surface area contributed by atoms with E-state index in [0.717, 1.165) is 22.4 Å². The Labute approximate surface area is 195 Å². The standard InChI is InChI=1S/C26H28N2O4S/c1-19-8-14-23(15-9-19)33(30,31)27-26-24(25(29)21-6-4-3-5-7-21)16-17-28(26)18-20-10-12-22(32-2)13-11-20/h3-15,24-25,29H,16-18H2,1-2H3/b27-26-/t24-,25+/m0/s1. The predicted octanol–water partition coefficient (Wildman–Crippen LogP) is 4.35. The van der Waals surface area contributed by atoms with Crippen molar-refractivity contribution in [2.45, 2.75) is 30.9 Å². The third kappa shape index (κ3) is 5.26. The summed E-state index contributed by atoms with van der Waals surface area (Å²) in [7, 11) is -2.31. The van der Waals surface area contributed by atoms with Gasteiger partial charge in [0.15, 0.2) is 0 Å². The number of benzene rings is 3. The summed E-state index contributed by atoms with van der Waals surface area (Å²) in [6.45, 7) is 3.00. The van der Waals surface area contributed by atoms with Crippen molar-refractivity contribution in [2.75, 3.05) is 13.7 Å². The highest BCUT2D eigenvalue weighted by Crippen LogP contribution is 2.34. The molecule has 1 fully saturated rings. The molecule has 6 nitrogen and oxygen atoms in total. The number of methoxy groups -OCH3 is 1. The van der Waals surface area contributed by atoms with Crippen LogP contribution in [0.15, 0.2) is 88.2 Å². The van der Waals surface area contributed by atoms with Gasteiger partial charge in [0, 0.05) is 19.0 Å². The minimum absolute atomic E-state index is 0.143. The molecule has 0 radical (unpaired) electrons. The Balaban J connectivity index is 1.70. The van der Waals surface area contributed by atoms with E-state index in [4.69, 9.17) is 4.74 Å². The summed E-state index contributed by atoms with van der Waals surface area (Å²) in [6, 6.07) is 23.6. The zero-order valence-electron chi connectivity index (χ0n) is 18.8. The Kier molecular flexibility index (Phi) is 6.81. The first-order chi connectivity index (χ1) is 15.9. The van der Waals surface area contributed by atoms with Gasteiger partial charge in [0.25, 0.3) is 10.0 Å². The van der Waals surface area contributed by atoms with Crippen LogP contribution in [0.25, 0.3) is 0 Å². The average molecular weight is 465 g/mol. The van der Waals surface area contributed by atoms with Crippen molar-refractivity contribution in [2.24, 2.45) is 10.3 Å². The second kappa shape index (κ2) is 9.77. The second-order valence-electron chi connectivity index (χ2n) is 8.26. The van der Waals surface area contributed by atoms with E-state index in [0.29, 0.717) is 25.3 Å². The number of sulfonamides is 1. The van der Waals surface area contributed by atoms with Gasteiger partial charge in [-0.1, -0.05) is 60.2 Å². The number of aliphatic hydroxyl groups excluding tert-OH is 1. The summed E-state index contributed by atoms with van der Waals surface area (Å²) in [6.07, 6.45) is -0.242. The van der Waals surface area contributed by atoms with Crippen LogP contribution in [0.5, 0.6) is 5.75 Å². The molecule has 0 unspecified atom stereocenters. The molecule has 0 bridgehead atoms. The number of ether oxygens (including phenoxy) is 1. The molecule has 2 atom stereocenters. The maximum atomic E-state index is 13.2. The van der Waals surface area contributed by atoms with Gasteiger partial charge < -0.3 is 14.7 Å². The van der Waals surface area contributed by atoms with E-state index < -0.39 is 22.0 Å². The Morgan fingerprint density at radius 1 is 1.03 bits per heavy atom. The van der Waals surface area contributed by atoms with Gasteiger partial charge in [-0.05, 0) is 48.7 Å². The molecule has 0 amide bonds. The zero-order valence-corrected chi connectivity index (χ0v) is 19.6. The number of aliphatic hydroxyl groups is 1. The van der Waals surface area contributed by atoms with Crippen molar-refractivity contribution < 1.29 is 18.3 Å². The van der Waals surface area contributed by atoms with Crippen LogP contribution in [0, 0.1) is 12.8 Å². The minimum Gasteiger partial charge on any atom is -0.497 e. The Bertz CT molecular complexity index is 1210. The van der Waals surface area contributed by atoms with Gasteiger partial charge in [-0.2, -0.15) is 8.42 Å². The van der Waals surface area contributed by atoms with Crippen molar-refractivity contribution in [1.29, 1.82) is 0 Å². The molecule has 3 aromatic carbocycles. The monoisotopic (exact) mass is 464 g/mol. The van der Waals surface area contributed by atoms with Crippen LogP contribution in [0.4, 0.5) is 0 Å². The zero-order chi connectivity index (χ0) is 23.4. The first-order valence-electron chi connectivity index (χ1n) is 10.9. The summed E-state index contributed by atoms with van der Waals surface area (Å²) >= 11 is 0. The first-order valence-corrected chi connectivity index (χ1v) is 12.3. The molecule has 1 aliphatic heterocycles. The summed E-state index contributed by atoms with van der Waals surface area (Å²) in [4.78, 5) is 2.09. The highest BCUT2D eigenvalue weighted by Gasteiger charge is 2.37. The molecule has 0 aromatic heterocycles. The smallest absolute Gasteiger partial charge is 0.283 e. The maximum Gasteiger partial charge on any atom is 0.283 e. The van der Waals surface area contributed by atoms with Crippen molar-refractivity contribution in [1.82, 2.24) is 4.90 Å². The third-order valence-corrected chi connectivity index (χ3v) is 7.25. The SMILES string of the molecule is COc1ccc(CN2CC[C@@H]([C@H](O)c3ccccc3)/C2=N/S(=O)(=O)c2ccc(C)cc2)cc1. The fraction of sp³-hybridized carbons (Fsp3) is 0.269. The third-order valence-electron chi connectivity index (χ3n) is 5.95. The van der Waals surface area contributed by atoms with E-state index in [1.165, 1.54) is 0 Å². The quantitative estimate of drug-likeness (QED) is 0.563. The summed E-state index contributed by atoms with van der Waals surface area (Å²) in [5.74, 6) is 0.724. The highest BCUT2D eigenvalue weighted by atomic mass is 32.2. The number of hydrogen-bond donors (Lipinski definition) is 1. The van der Waals surface area contributed by atoms with Gasteiger partial charge in [-0.15, -0.1) is 4.40 Å². The van der Waals surface area contributed by atoms with E-state index in [1.807, 2.05) is 66.4 Å². The number of aryl methyl sites for hydroxylation is 1. The van der Waals surface area contributed by atoms with Crippen LogP contribution in [-0.4, -0.2) is 37.9 Å². The van der Waals surface area contributed by atoms with Crippen LogP contribution in [0.3, 0.4) is 0 Å². The Morgan fingerprint density at radius 2 is 1.70 bits per heavy atom. The summed E-state index contributed by atoms with van der Waals surface area (Å²) in [5, 5.41) is 11.1. The minimum atomic E-state index is -3.93. The number of amidine groups is 1. The van der Waals surface area contributed by atoms with Gasteiger partial charge >= 0.3 is 0 Å². The van der Waals surface area contributed by atoms with Gasteiger partial charge in [-0.25, -0.2) is 0 Å². The van der Waals surface area contributed by atoms with E-state index in [-0.39, 0.29) is 4.90 Å². The lowest BCUT2D eigenvalue weighted by Crippen LogP contribution is -2.30. The van der Waals surface area contributed by atoms with Crippen molar-refractivity contribution in [3.8, 4) is 5.75 Å². The van der Waals surface area contributed by atoms with Crippen LogP contribution in [0.2, 0.25) is 0 Å². The highest BCUT2D eigenvalue weighted by molar-refractivity contribution is 7.90. The van der Waals surface area contributed by atoms with Gasteiger partial charge in [-0.3, -0.25) is 0 Å². The largest absolute Gasteiger partial charge is 0.497 e. The normalized spacial score (nSPS) is 18.5. The maximum absolute atomic E-state index is 13.2. The molecule has 1 aliphatic rings. The van der Waals surface area contributed by atoms with E-state index in [9.17, 15) is 13.5 Å². The molecule has 7 heteroatoms. The lowest BCUT2D eigenvalue weighted by atomic mass is 9.94. The first kappa shape index (κ1) is 23.0. The van der Waals surface area contributed by atoms with Crippen molar-refractivity contribution in [3.63, 3.8) is 0 Å². The lowest BCUT2D eigenvalue weighted by Gasteiger charge is -2.24. The molecule has 3 aromatic rings. The van der Waals surface area contributed by atoms with Crippen LogP contribution in [-0.2, 0) is 16.6 Å². The number of likely N-dealkylation sites (tertiary alicyclic amines) is 1.